The maximum absolute atomic E-state index is 6.19. The van der Waals surface area contributed by atoms with Crippen molar-refractivity contribution in [2.24, 2.45) is 5.73 Å². The zero-order valence-electron chi connectivity index (χ0n) is 10.7. The molecule has 2 aromatic carbocycles. The average molecular weight is 241 g/mol. The Labute approximate surface area is 108 Å². The van der Waals surface area contributed by atoms with Crippen molar-refractivity contribution in [2.75, 3.05) is 7.11 Å². The molecule has 0 saturated carbocycles. The summed E-state index contributed by atoms with van der Waals surface area (Å²) >= 11 is 0. The molecule has 0 fully saturated rings. The van der Waals surface area contributed by atoms with Gasteiger partial charge in [0, 0.05) is 6.04 Å². The minimum Gasteiger partial charge on any atom is -0.497 e. The Balaban J connectivity index is 1.96. The van der Waals surface area contributed by atoms with Gasteiger partial charge in [-0.25, -0.2) is 0 Å². The van der Waals surface area contributed by atoms with Gasteiger partial charge < -0.3 is 10.5 Å². The summed E-state index contributed by atoms with van der Waals surface area (Å²) in [6.07, 6.45) is 1.77. The lowest BCUT2D eigenvalue weighted by Crippen LogP contribution is -2.25. The molecule has 94 valence electrons. The van der Waals surface area contributed by atoms with E-state index in [9.17, 15) is 0 Å². The summed E-state index contributed by atoms with van der Waals surface area (Å²) < 4.78 is 5.21. The first-order valence-corrected chi connectivity index (χ1v) is 6.20. The molecule has 2 aromatic rings. The molecule has 2 heteroatoms. The van der Waals surface area contributed by atoms with Gasteiger partial charge in [0.25, 0.3) is 0 Å². The van der Waals surface area contributed by atoms with Crippen LogP contribution in [-0.4, -0.2) is 13.2 Å². The Hall–Kier alpha value is -1.80. The number of rotatable bonds is 5. The summed E-state index contributed by atoms with van der Waals surface area (Å²) in [5.41, 5.74) is 8.69. The fourth-order valence-electron chi connectivity index (χ4n) is 2.09. The average Bonchev–Trinajstić information content (AvgIpc) is 2.40. The molecule has 1 unspecified atom stereocenters. The summed E-state index contributed by atoms with van der Waals surface area (Å²) in [5, 5.41) is 0. The third-order valence-electron chi connectivity index (χ3n) is 2.97. The number of hydrogen-bond acceptors (Lipinski definition) is 2. The Morgan fingerprint density at radius 2 is 1.61 bits per heavy atom. The summed E-state index contributed by atoms with van der Waals surface area (Å²) in [6, 6.07) is 18.6. The third kappa shape index (κ3) is 3.60. The number of hydrogen-bond donors (Lipinski definition) is 1. The second-order valence-electron chi connectivity index (χ2n) is 4.51. The van der Waals surface area contributed by atoms with Crippen LogP contribution in [0.5, 0.6) is 5.75 Å². The molecule has 0 aliphatic carbocycles. The summed E-state index contributed by atoms with van der Waals surface area (Å²) in [5.74, 6) is 0.888. The van der Waals surface area contributed by atoms with E-state index in [0.29, 0.717) is 0 Å². The molecule has 2 nitrogen and oxygen atoms in total. The summed E-state index contributed by atoms with van der Waals surface area (Å²) in [4.78, 5) is 0. The summed E-state index contributed by atoms with van der Waals surface area (Å²) in [7, 11) is 1.68. The lowest BCUT2D eigenvalue weighted by molar-refractivity contribution is 0.414. The first kappa shape index (κ1) is 12.7. The van der Waals surface area contributed by atoms with Gasteiger partial charge in [-0.05, 0) is 36.1 Å². The first-order valence-electron chi connectivity index (χ1n) is 6.20. The lowest BCUT2D eigenvalue weighted by Gasteiger charge is -2.12. The van der Waals surface area contributed by atoms with Gasteiger partial charge in [0.15, 0.2) is 0 Å². The smallest absolute Gasteiger partial charge is 0.119 e. The highest BCUT2D eigenvalue weighted by molar-refractivity contribution is 5.29. The van der Waals surface area contributed by atoms with E-state index >= 15 is 0 Å². The number of ether oxygens (including phenoxy) is 1. The van der Waals surface area contributed by atoms with Gasteiger partial charge in [-0.15, -0.1) is 0 Å². The van der Waals surface area contributed by atoms with Crippen molar-refractivity contribution in [3.63, 3.8) is 0 Å². The Morgan fingerprint density at radius 1 is 0.944 bits per heavy atom. The van der Waals surface area contributed by atoms with Gasteiger partial charge in [0.05, 0.1) is 7.11 Å². The van der Waals surface area contributed by atoms with Crippen LogP contribution in [0.1, 0.15) is 11.1 Å². The van der Waals surface area contributed by atoms with Gasteiger partial charge in [0.1, 0.15) is 5.75 Å². The highest BCUT2D eigenvalue weighted by Crippen LogP contribution is 2.14. The Morgan fingerprint density at radius 3 is 2.33 bits per heavy atom. The van der Waals surface area contributed by atoms with Crippen LogP contribution in [0.2, 0.25) is 0 Å². The van der Waals surface area contributed by atoms with Crippen molar-refractivity contribution >= 4 is 0 Å². The van der Waals surface area contributed by atoms with E-state index in [1.54, 1.807) is 7.11 Å². The zero-order chi connectivity index (χ0) is 12.8. The minimum atomic E-state index is 0.138. The van der Waals surface area contributed by atoms with E-state index in [0.717, 1.165) is 18.6 Å². The van der Waals surface area contributed by atoms with Crippen molar-refractivity contribution in [2.45, 2.75) is 18.9 Å². The second-order valence-corrected chi connectivity index (χ2v) is 4.51. The van der Waals surface area contributed by atoms with E-state index in [1.807, 2.05) is 36.4 Å². The molecule has 18 heavy (non-hydrogen) atoms. The fraction of sp³-hybridized carbons (Fsp3) is 0.250. The van der Waals surface area contributed by atoms with Crippen molar-refractivity contribution < 1.29 is 4.74 Å². The Bertz CT molecular complexity index is 481. The van der Waals surface area contributed by atoms with Gasteiger partial charge in [-0.1, -0.05) is 42.5 Å². The number of benzene rings is 2. The maximum Gasteiger partial charge on any atom is 0.119 e. The van der Waals surface area contributed by atoms with Gasteiger partial charge in [-0.2, -0.15) is 0 Å². The second kappa shape index (κ2) is 6.22. The van der Waals surface area contributed by atoms with Crippen LogP contribution in [0.25, 0.3) is 0 Å². The van der Waals surface area contributed by atoms with Crippen molar-refractivity contribution in [1.29, 1.82) is 0 Å². The van der Waals surface area contributed by atoms with Crippen LogP contribution < -0.4 is 10.5 Å². The van der Waals surface area contributed by atoms with Gasteiger partial charge in [-0.3, -0.25) is 0 Å². The van der Waals surface area contributed by atoms with E-state index in [1.165, 1.54) is 11.1 Å². The molecule has 0 radical (unpaired) electrons. The molecule has 0 aliphatic rings. The molecule has 0 aliphatic heterocycles. The molecule has 0 bridgehead atoms. The van der Waals surface area contributed by atoms with Crippen LogP contribution >= 0.6 is 0 Å². The first-order chi connectivity index (χ1) is 8.78. The third-order valence-corrected chi connectivity index (χ3v) is 2.97. The molecule has 2 N–H and O–H groups in total. The fourth-order valence-corrected chi connectivity index (χ4v) is 2.09. The molecular weight excluding hydrogens is 222 g/mol. The van der Waals surface area contributed by atoms with Crippen LogP contribution in [0.4, 0.5) is 0 Å². The molecule has 0 amide bonds. The van der Waals surface area contributed by atoms with Gasteiger partial charge in [0.2, 0.25) is 0 Å². The Kier molecular flexibility index (Phi) is 4.37. The van der Waals surface area contributed by atoms with E-state index in [4.69, 9.17) is 10.5 Å². The van der Waals surface area contributed by atoms with Crippen LogP contribution in [0.3, 0.4) is 0 Å². The number of nitrogens with two attached hydrogens (primary N) is 1. The monoisotopic (exact) mass is 241 g/mol. The van der Waals surface area contributed by atoms with Crippen LogP contribution in [-0.2, 0) is 12.8 Å². The molecule has 0 heterocycles. The standard InChI is InChI=1S/C16H19NO/c1-18-16-9-5-8-14(12-16)11-15(17)10-13-6-3-2-4-7-13/h2-9,12,15H,10-11,17H2,1H3. The normalized spacial score (nSPS) is 12.1. The molecule has 0 aromatic heterocycles. The highest BCUT2D eigenvalue weighted by atomic mass is 16.5. The largest absolute Gasteiger partial charge is 0.497 e. The molecule has 1 atom stereocenters. The van der Waals surface area contributed by atoms with Crippen LogP contribution in [0, 0.1) is 0 Å². The van der Waals surface area contributed by atoms with Gasteiger partial charge >= 0.3 is 0 Å². The maximum atomic E-state index is 6.19. The molecule has 0 saturated heterocycles. The van der Waals surface area contributed by atoms with Crippen molar-refractivity contribution in [3.05, 3.63) is 65.7 Å². The topological polar surface area (TPSA) is 35.2 Å². The predicted octanol–water partition coefficient (Wildman–Crippen LogP) is 2.81. The predicted molar refractivity (Wildman–Crippen MR) is 74.8 cm³/mol. The quantitative estimate of drug-likeness (QED) is 0.873. The highest BCUT2D eigenvalue weighted by Gasteiger charge is 2.06. The number of methoxy groups -OCH3 is 1. The van der Waals surface area contributed by atoms with E-state index < -0.39 is 0 Å². The van der Waals surface area contributed by atoms with Crippen LogP contribution in [0.15, 0.2) is 54.6 Å². The molecule has 2 rings (SSSR count). The van der Waals surface area contributed by atoms with Crippen molar-refractivity contribution in [3.8, 4) is 5.75 Å². The van der Waals surface area contributed by atoms with Crippen molar-refractivity contribution in [1.82, 2.24) is 0 Å². The molecular formula is C16H19NO. The molecule has 0 spiro atoms. The SMILES string of the molecule is COc1cccc(CC(N)Cc2ccccc2)c1. The van der Waals surface area contributed by atoms with E-state index in [2.05, 4.69) is 18.2 Å². The lowest BCUT2D eigenvalue weighted by atomic mass is 10.00. The zero-order valence-corrected chi connectivity index (χ0v) is 10.7. The minimum absolute atomic E-state index is 0.138. The van der Waals surface area contributed by atoms with E-state index in [-0.39, 0.29) is 6.04 Å². The summed E-state index contributed by atoms with van der Waals surface area (Å²) in [6.45, 7) is 0.